The zero-order valence-electron chi connectivity index (χ0n) is 10.9. The minimum absolute atomic E-state index is 0.0589. The maximum Gasteiger partial charge on any atom is 0.261 e. The summed E-state index contributed by atoms with van der Waals surface area (Å²) in [7, 11) is 0. The minimum Gasteiger partial charge on any atom is -0.399 e. The van der Waals surface area contributed by atoms with Crippen molar-refractivity contribution in [1.29, 1.82) is 0 Å². The van der Waals surface area contributed by atoms with Gasteiger partial charge in [-0.25, -0.2) is 4.98 Å². The van der Waals surface area contributed by atoms with Crippen LogP contribution in [0, 0.1) is 0 Å². The molecule has 0 fully saturated rings. The molecule has 20 heavy (non-hydrogen) atoms. The highest BCUT2D eigenvalue weighted by atomic mass is 16.1. The highest BCUT2D eigenvalue weighted by molar-refractivity contribution is 5.80. The van der Waals surface area contributed by atoms with Gasteiger partial charge in [-0.05, 0) is 42.3 Å². The van der Waals surface area contributed by atoms with Gasteiger partial charge in [-0.3, -0.25) is 14.3 Å². The molecule has 0 saturated carbocycles. The summed E-state index contributed by atoms with van der Waals surface area (Å²) in [4.78, 5) is 20.6. The predicted octanol–water partition coefficient (Wildman–Crippen LogP) is 1.62. The molecule has 0 spiro atoms. The van der Waals surface area contributed by atoms with Crippen LogP contribution in [0.2, 0.25) is 0 Å². The molecule has 2 heterocycles. The van der Waals surface area contributed by atoms with Crippen molar-refractivity contribution in [2.45, 2.75) is 13.0 Å². The van der Waals surface area contributed by atoms with Gasteiger partial charge in [0.1, 0.15) is 0 Å². The quantitative estimate of drug-likeness (QED) is 0.731. The normalized spacial score (nSPS) is 10.8. The van der Waals surface area contributed by atoms with E-state index in [0.717, 1.165) is 12.0 Å². The largest absolute Gasteiger partial charge is 0.399 e. The molecule has 0 saturated heterocycles. The topological polar surface area (TPSA) is 73.8 Å². The van der Waals surface area contributed by atoms with Crippen LogP contribution in [0.3, 0.4) is 0 Å². The van der Waals surface area contributed by atoms with Crippen LogP contribution in [-0.2, 0) is 13.0 Å². The highest BCUT2D eigenvalue weighted by Gasteiger charge is 2.04. The van der Waals surface area contributed by atoms with Crippen molar-refractivity contribution in [3.63, 3.8) is 0 Å². The summed E-state index contributed by atoms with van der Waals surface area (Å²) in [6.07, 6.45) is 5.84. The Morgan fingerprint density at radius 2 is 1.95 bits per heavy atom. The van der Waals surface area contributed by atoms with Crippen LogP contribution in [0.1, 0.15) is 5.56 Å². The molecule has 1 aromatic carbocycles. The van der Waals surface area contributed by atoms with Gasteiger partial charge in [-0.1, -0.05) is 0 Å². The van der Waals surface area contributed by atoms with E-state index in [-0.39, 0.29) is 5.56 Å². The monoisotopic (exact) mass is 266 g/mol. The summed E-state index contributed by atoms with van der Waals surface area (Å²) in [6.45, 7) is 0.584. The Balaban J connectivity index is 1.92. The Kier molecular flexibility index (Phi) is 3.16. The number of anilines is 1. The van der Waals surface area contributed by atoms with Crippen molar-refractivity contribution in [3.8, 4) is 0 Å². The molecule has 0 aliphatic carbocycles. The summed E-state index contributed by atoms with van der Waals surface area (Å²) in [5, 5.41) is 0.558. The summed E-state index contributed by atoms with van der Waals surface area (Å²) < 4.78 is 1.61. The Bertz CT molecular complexity index is 796. The van der Waals surface area contributed by atoms with Crippen LogP contribution in [0.5, 0.6) is 0 Å². The third kappa shape index (κ3) is 2.38. The second-order valence-corrected chi connectivity index (χ2v) is 4.63. The van der Waals surface area contributed by atoms with Crippen molar-refractivity contribution >= 4 is 16.6 Å². The Morgan fingerprint density at radius 3 is 2.75 bits per heavy atom. The molecule has 0 aliphatic heterocycles. The first-order valence-electron chi connectivity index (χ1n) is 6.37. The average Bonchev–Trinajstić information content (AvgIpc) is 2.48. The first-order chi connectivity index (χ1) is 9.74. The number of fused-ring (bicyclic) bond motifs is 1. The first-order valence-corrected chi connectivity index (χ1v) is 6.37. The van der Waals surface area contributed by atoms with Crippen LogP contribution in [0.15, 0.2) is 53.8 Å². The zero-order valence-corrected chi connectivity index (χ0v) is 10.9. The van der Waals surface area contributed by atoms with Gasteiger partial charge in [-0.2, -0.15) is 0 Å². The third-order valence-corrected chi connectivity index (χ3v) is 3.24. The first kappa shape index (κ1) is 12.3. The standard InChI is InChI=1S/C15H14N4O/c16-12-1-2-14-13(9-12)15(20)19(10-18-14)8-5-11-3-6-17-7-4-11/h1-4,6-7,9-10H,5,8,16H2. The molecular weight excluding hydrogens is 252 g/mol. The van der Waals surface area contributed by atoms with Crippen LogP contribution >= 0.6 is 0 Å². The average molecular weight is 266 g/mol. The van der Waals surface area contributed by atoms with E-state index >= 15 is 0 Å². The number of nitrogens with zero attached hydrogens (tertiary/aromatic N) is 3. The SMILES string of the molecule is Nc1ccc2ncn(CCc3ccncc3)c(=O)c2c1. The van der Waals surface area contributed by atoms with E-state index in [9.17, 15) is 4.79 Å². The van der Waals surface area contributed by atoms with Crippen molar-refractivity contribution in [2.75, 3.05) is 5.73 Å². The number of aromatic nitrogens is 3. The second-order valence-electron chi connectivity index (χ2n) is 4.63. The number of rotatable bonds is 3. The fourth-order valence-corrected chi connectivity index (χ4v) is 2.13. The fraction of sp³-hybridized carbons (Fsp3) is 0.133. The van der Waals surface area contributed by atoms with Crippen molar-refractivity contribution in [3.05, 3.63) is 65.0 Å². The van der Waals surface area contributed by atoms with Gasteiger partial charge < -0.3 is 5.73 Å². The van der Waals surface area contributed by atoms with Crippen molar-refractivity contribution in [2.24, 2.45) is 0 Å². The van der Waals surface area contributed by atoms with Crippen LogP contribution in [0.25, 0.3) is 10.9 Å². The van der Waals surface area contributed by atoms with E-state index in [1.807, 2.05) is 12.1 Å². The fourth-order valence-electron chi connectivity index (χ4n) is 2.13. The van der Waals surface area contributed by atoms with E-state index in [1.54, 1.807) is 41.5 Å². The number of nitrogens with two attached hydrogens (primary N) is 1. The van der Waals surface area contributed by atoms with E-state index in [0.29, 0.717) is 23.1 Å². The van der Waals surface area contributed by atoms with Gasteiger partial charge in [0.25, 0.3) is 5.56 Å². The minimum atomic E-state index is -0.0589. The lowest BCUT2D eigenvalue weighted by Gasteiger charge is -2.07. The van der Waals surface area contributed by atoms with Gasteiger partial charge in [-0.15, -0.1) is 0 Å². The van der Waals surface area contributed by atoms with Crippen molar-refractivity contribution in [1.82, 2.24) is 14.5 Å². The molecule has 5 heteroatoms. The third-order valence-electron chi connectivity index (χ3n) is 3.24. The maximum atomic E-state index is 12.4. The summed E-state index contributed by atoms with van der Waals surface area (Å²) >= 11 is 0. The van der Waals surface area contributed by atoms with Gasteiger partial charge in [0.15, 0.2) is 0 Å². The van der Waals surface area contributed by atoms with E-state index in [2.05, 4.69) is 9.97 Å². The lowest BCUT2D eigenvalue weighted by molar-refractivity contribution is 0.662. The number of pyridine rings is 1. The van der Waals surface area contributed by atoms with Gasteiger partial charge in [0.2, 0.25) is 0 Å². The number of nitrogen functional groups attached to an aromatic ring is 1. The molecule has 5 nitrogen and oxygen atoms in total. The van der Waals surface area contributed by atoms with Crippen LogP contribution in [0.4, 0.5) is 5.69 Å². The summed E-state index contributed by atoms with van der Waals surface area (Å²) in [5.41, 5.74) is 8.05. The molecule has 0 aliphatic rings. The Labute approximate surface area is 115 Å². The molecule has 0 atom stereocenters. The van der Waals surface area contributed by atoms with Crippen LogP contribution < -0.4 is 11.3 Å². The number of aryl methyl sites for hydroxylation is 2. The number of benzene rings is 1. The molecular formula is C15H14N4O. The van der Waals surface area contributed by atoms with Crippen molar-refractivity contribution < 1.29 is 0 Å². The second kappa shape index (κ2) is 5.13. The summed E-state index contributed by atoms with van der Waals surface area (Å²) in [6, 6.07) is 9.07. The molecule has 3 rings (SSSR count). The molecule has 0 radical (unpaired) electrons. The van der Waals surface area contributed by atoms with Gasteiger partial charge >= 0.3 is 0 Å². The lowest BCUT2D eigenvalue weighted by atomic mass is 10.2. The van der Waals surface area contributed by atoms with E-state index in [1.165, 1.54) is 0 Å². The van der Waals surface area contributed by atoms with E-state index < -0.39 is 0 Å². The maximum absolute atomic E-state index is 12.4. The highest BCUT2D eigenvalue weighted by Crippen LogP contribution is 2.11. The molecule has 3 aromatic rings. The smallest absolute Gasteiger partial charge is 0.261 e. The molecule has 0 amide bonds. The Morgan fingerprint density at radius 1 is 1.15 bits per heavy atom. The molecule has 2 aromatic heterocycles. The molecule has 2 N–H and O–H groups in total. The zero-order chi connectivity index (χ0) is 13.9. The molecule has 0 unspecified atom stereocenters. The number of hydrogen-bond donors (Lipinski definition) is 1. The molecule has 0 bridgehead atoms. The van der Waals surface area contributed by atoms with Gasteiger partial charge in [0.05, 0.1) is 17.2 Å². The lowest BCUT2D eigenvalue weighted by Crippen LogP contribution is -2.21. The molecule has 100 valence electrons. The van der Waals surface area contributed by atoms with E-state index in [4.69, 9.17) is 5.73 Å². The van der Waals surface area contributed by atoms with Gasteiger partial charge in [0, 0.05) is 24.6 Å². The van der Waals surface area contributed by atoms with Crippen LogP contribution in [-0.4, -0.2) is 14.5 Å². The number of hydrogen-bond acceptors (Lipinski definition) is 4. The summed E-state index contributed by atoms with van der Waals surface area (Å²) in [5.74, 6) is 0. The predicted molar refractivity (Wildman–Crippen MR) is 78.4 cm³/mol. The Hall–Kier alpha value is -2.69.